The van der Waals surface area contributed by atoms with Crippen molar-refractivity contribution in [1.82, 2.24) is 9.55 Å². The van der Waals surface area contributed by atoms with E-state index in [0.717, 1.165) is 16.5 Å². The summed E-state index contributed by atoms with van der Waals surface area (Å²) in [4.78, 5) is 45.8. The number of benzene rings is 4. The molecule has 4 aromatic carbocycles. The van der Waals surface area contributed by atoms with E-state index in [2.05, 4.69) is 10.3 Å². The summed E-state index contributed by atoms with van der Waals surface area (Å²) in [5.74, 6) is 0.738. The van der Waals surface area contributed by atoms with Crippen LogP contribution < -0.4 is 34.6 Å². The van der Waals surface area contributed by atoms with Gasteiger partial charge in [-0.2, -0.15) is 0 Å². The van der Waals surface area contributed by atoms with Crippen molar-refractivity contribution < 1.29 is 42.7 Å². The Morgan fingerprint density at radius 3 is 2.04 bits per heavy atom. The summed E-state index contributed by atoms with van der Waals surface area (Å²) >= 11 is 0. The van der Waals surface area contributed by atoms with E-state index < -0.39 is 23.2 Å². The molecule has 0 aliphatic carbocycles. The van der Waals surface area contributed by atoms with Gasteiger partial charge in [-0.15, -0.1) is 0 Å². The van der Waals surface area contributed by atoms with Gasteiger partial charge in [-0.05, 0) is 87.0 Å². The minimum atomic E-state index is -0.804. The van der Waals surface area contributed by atoms with Gasteiger partial charge in [-0.25, -0.2) is 9.59 Å². The third-order valence-corrected chi connectivity index (χ3v) is 8.61. The molecule has 0 saturated carbocycles. The van der Waals surface area contributed by atoms with Crippen LogP contribution in [0.4, 0.5) is 10.5 Å². The molecule has 0 aliphatic heterocycles. The van der Waals surface area contributed by atoms with Crippen LogP contribution in [0.1, 0.15) is 36.8 Å². The molecule has 13 nitrogen and oxygen atoms in total. The number of aromatic nitrogens is 2. The molecule has 0 unspecified atom stereocenters. The maximum Gasteiger partial charge on any atom is 0.412 e. The second-order valence-electron chi connectivity index (χ2n) is 13.3. The smallest absolute Gasteiger partial charge is 0.412 e. The SMILES string of the molecule is COC(=O)c1c(-c2cc(OC)c(OC)c(OC)c2)c2cc(OC)c(OCc3cnc4ccccc4c3)cc2c(=O)n1-c1ccc(NC(=O)OC(C)(C)C)cc1. The summed E-state index contributed by atoms with van der Waals surface area (Å²) < 4.78 is 41.0. The number of methoxy groups -OCH3 is 5. The van der Waals surface area contributed by atoms with Crippen molar-refractivity contribution in [2.75, 3.05) is 40.9 Å². The summed E-state index contributed by atoms with van der Waals surface area (Å²) in [7, 11) is 7.16. The maximum atomic E-state index is 14.8. The van der Waals surface area contributed by atoms with Gasteiger partial charge < -0.3 is 33.2 Å². The lowest BCUT2D eigenvalue weighted by atomic mass is 9.95. The third kappa shape index (κ3) is 7.81. The number of carbonyl (C=O) groups is 2. The fourth-order valence-corrected chi connectivity index (χ4v) is 6.20. The molecule has 0 radical (unpaired) electrons. The predicted molar refractivity (Wildman–Crippen MR) is 208 cm³/mol. The van der Waals surface area contributed by atoms with Crippen LogP contribution in [0.25, 0.3) is 38.5 Å². The Bertz CT molecular complexity index is 2440. The number of hydrogen-bond donors (Lipinski definition) is 1. The highest BCUT2D eigenvalue weighted by molar-refractivity contribution is 6.08. The van der Waals surface area contributed by atoms with Gasteiger partial charge in [-0.3, -0.25) is 19.7 Å². The molecule has 284 valence electrons. The quantitative estimate of drug-likeness (QED) is 0.129. The molecule has 0 atom stereocenters. The summed E-state index contributed by atoms with van der Waals surface area (Å²) in [5, 5.41) is 4.19. The number of pyridine rings is 2. The lowest BCUT2D eigenvalue weighted by molar-refractivity contribution is 0.0589. The van der Waals surface area contributed by atoms with Crippen LogP contribution in [0.15, 0.2) is 89.9 Å². The molecule has 0 bridgehead atoms. The topological polar surface area (TPSA) is 146 Å². The van der Waals surface area contributed by atoms with Crippen molar-refractivity contribution in [3.8, 4) is 45.6 Å². The number of ether oxygens (including phenoxy) is 7. The van der Waals surface area contributed by atoms with Gasteiger partial charge in [0.2, 0.25) is 5.75 Å². The van der Waals surface area contributed by atoms with Crippen LogP contribution in [0.3, 0.4) is 0 Å². The Morgan fingerprint density at radius 1 is 0.764 bits per heavy atom. The third-order valence-electron chi connectivity index (χ3n) is 8.61. The van der Waals surface area contributed by atoms with E-state index in [1.165, 1.54) is 40.1 Å². The van der Waals surface area contributed by atoms with Gasteiger partial charge in [0.25, 0.3) is 5.56 Å². The number of anilines is 1. The van der Waals surface area contributed by atoms with Gasteiger partial charge in [0.15, 0.2) is 23.0 Å². The lowest BCUT2D eigenvalue weighted by Gasteiger charge is -2.22. The fraction of sp³-hybridized carbons (Fsp3) is 0.238. The molecule has 55 heavy (non-hydrogen) atoms. The van der Waals surface area contributed by atoms with Crippen LogP contribution in [-0.2, 0) is 16.1 Å². The Labute approximate surface area is 317 Å². The van der Waals surface area contributed by atoms with Crippen molar-refractivity contribution >= 4 is 39.4 Å². The standard InChI is InChI=1S/C42H41N3O10/c1-42(2,3)55-41(48)44-27-13-15-28(16-14-27)45-37(40(47)53-8)36(26-18-34(50-5)38(52-7)35(19-26)51-6)29-20-32(49-4)33(21-30(29)39(45)46)54-23-24-17-25-11-9-10-12-31(25)43-22-24/h9-22H,23H2,1-8H3,(H,44,48). The van der Waals surface area contributed by atoms with E-state index in [0.29, 0.717) is 50.9 Å². The minimum Gasteiger partial charge on any atom is -0.493 e. The monoisotopic (exact) mass is 747 g/mol. The summed E-state index contributed by atoms with van der Waals surface area (Å²) in [5.41, 5.74) is 1.74. The minimum absolute atomic E-state index is 0.0971. The molecule has 0 spiro atoms. The molecule has 6 rings (SSSR count). The largest absolute Gasteiger partial charge is 0.493 e. The molecule has 0 aliphatic rings. The van der Waals surface area contributed by atoms with Gasteiger partial charge in [0, 0.05) is 39.5 Å². The van der Waals surface area contributed by atoms with Crippen LogP contribution in [0.2, 0.25) is 0 Å². The average molecular weight is 748 g/mol. The van der Waals surface area contributed by atoms with Gasteiger partial charge in [-0.1, -0.05) is 18.2 Å². The van der Waals surface area contributed by atoms with Gasteiger partial charge in [0.05, 0.1) is 46.5 Å². The van der Waals surface area contributed by atoms with Gasteiger partial charge >= 0.3 is 12.1 Å². The second-order valence-corrected chi connectivity index (χ2v) is 13.3. The van der Waals surface area contributed by atoms with Crippen molar-refractivity contribution in [2.45, 2.75) is 33.0 Å². The first kappa shape index (κ1) is 38.0. The number of amides is 1. The van der Waals surface area contributed by atoms with Crippen molar-refractivity contribution in [3.05, 3.63) is 107 Å². The number of nitrogens with zero attached hydrogens (tertiary/aromatic N) is 2. The second kappa shape index (κ2) is 15.7. The highest BCUT2D eigenvalue weighted by Gasteiger charge is 2.28. The number of carbonyl (C=O) groups excluding carboxylic acids is 2. The first-order chi connectivity index (χ1) is 26.4. The van der Waals surface area contributed by atoms with E-state index in [4.69, 9.17) is 33.2 Å². The molecular weight excluding hydrogens is 706 g/mol. The molecular formula is C42H41N3O10. The van der Waals surface area contributed by atoms with E-state index >= 15 is 0 Å². The van der Waals surface area contributed by atoms with Crippen LogP contribution in [0.5, 0.6) is 28.7 Å². The summed E-state index contributed by atoms with van der Waals surface area (Å²) in [6.45, 7) is 5.40. The van der Waals surface area contributed by atoms with E-state index in [1.807, 2.05) is 30.3 Å². The Hall–Kier alpha value is -6.76. The zero-order valence-corrected chi connectivity index (χ0v) is 31.8. The van der Waals surface area contributed by atoms with Crippen molar-refractivity contribution in [1.29, 1.82) is 0 Å². The van der Waals surface area contributed by atoms with E-state index in [1.54, 1.807) is 75.5 Å². The maximum absolute atomic E-state index is 14.8. The van der Waals surface area contributed by atoms with Crippen LogP contribution in [-0.4, -0.2) is 62.8 Å². The molecule has 0 saturated heterocycles. The van der Waals surface area contributed by atoms with Crippen molar-refractivity contribution in [3.63, 3.8) is 0 Å². The Morgan fingerprint density at radius 2 is 1.42 bits per heavy atom. The van der Waals surface area contributed by atoms with E-state index in [9.17, 15) is 14.4 Å². The van der Waals surface area contributed by atoms with Crippen molar-refractivity contribution in [2.24, 2.45) is 0 Å². The predicted octanol–water partition coefficient (Wildman–Crippen LogP) is 7.95. The first-order valence-corrected chi connectivity index (χ1v) is 17.2. The molecule has 0 fully saturated rings. The van der Waals surface area contributed by atoms with Crippen LogP contribution in [0, 0.1) is 0 Å². The highest BCUT2D eigenvalue weighted by atomic mass is 16.6. The average Bonchev–Trinajstić information content (AvgIpc) is 3.18. The first-order valence-electron chi connectivity index (χ1n) is 17.2. The molecule has 2 aromatic heterocycles. The number of rotatable bonds is 11. The lowest BCUT2D eigenvalue weighted by Crippen LogP contribution is -2.27. The Balaban J connectivity index is 1.59. The number of para-hydroxylation sites is 1. The molecule has 6 aromatic rings. The highest BCUT2D eigenvalue weighted by Crippen LogP contribution is 2.45. The molecule has 2 heterocycles. The fourth-order valence-electron chi connectivity index (χ4n) is 6.20. The normalized spacial score (nSPS) is 11.2. The molecule has 13 heteroatoms. The zero-order chi connectivity index (χ0) is 39.4. The molecule has 1 N–H and O–H groups in total. The van der Waals surface area contributed by atoms with Gasteiger partial charge in [0.1, 0.15) is 17.9 Å². The number of hydrogen-bond acceptors (Lipinski definition) is 11. The number of nitrogens with one attached hydrogen (secondary N) is 1. The Kier molecular flexibility index (Phi) is 10.8. The van der Waals surface area contributed by atoms with E-state index in [-0.39, 0.29) is 23.4 Å². The number of esters is 1. The summed E-state index contributed by atoms with van der Waals surface area (Å²) in [6.07, 6.45) is 1.08. The zero-order valence-electron chi connectivity index (χ0n) is 31.8. The summed E-state index contributed by atoms with van der Waals surface area (Å²) in [6, 6.07) is 22.7. The van der Waals surface area contributed by atoms with Crippen LogP contribution >= 0.6 is 0 Å². The number of fused-ring (bicyclic) bond motifs is 2. The molecule has 1 amide bonds.